The van der Waals surface area contributed by atoms with E-state index in [1.165, 1.54) is 24.7 Å². The molecule has 1 aromatic heterocycles. The first-order chi connectivity index (χ1) is 9.50. The van der Waals surface area contributed by atoms with Gasteiger partial charge in [0.15, 0.2) is 11.3 Å². The Hall–Kier alpha value is -2.55. The zero-order valence-electron chi connectivity index (χ0n) is 9.69. The van der Waals surface area contributed by atoms with Gasteiger partial charge in [-0.15, -0.1) is 0 Å². The van der Waals surface area contributed by atoms with Gasteiger partial charge in [-0.05, 0) is 22.0 Å². The van der Waals surface area contributed by atoms with E-state index < -0.39 is 22.1 Å². The Kier molecular flexibility index (Phi) is 3.89. The highest BCUT2D eigenvalue weighted by molar-refractivity contribution is 9.10. The summed E-state index contributed by atoms with van der Waals surface area (Å²) in [6.45, 7) is 0. The van der Waals surface area contributed by atoms with Crippen LogP contribution in [-0.2, 0) is 0 Å². The lowest BCUT2D eigenvalue weighted by atomic mass is 10.1. The molecule has 0 aliphatic rings. The number of nitro groups is 1. The fourth-order valence-corrected chi connectivity index (χ4v) is 1.75. The van der Waals surface area contributed by atoms with Crippen molar-refractivity contribution in [2.75, 3.05) is 0 Å². The molecule has 9 heteroatoms. The Bertz CT molecular complexity index is 692. The number of halogens is 1. The number of aromatic nitrogens is 2. The molecule has 1 heterocycles. The van der Waals surface area contributed by atoms with E-state index in [1.807, 2.05) is 0 Å². The number of nitrogens with zero attached hydrogens (tertiary/aromatic N) is 3. The largest absolute Gasteiger partial charge is 0.477 e. The summed E-state index contributed by atoms with van der Waals surface area (Å²) in [6.07, 6.45) is 2.61. The van der Waals surface area contributed by atoms with Crippen molar-refractivity contribution in [1.29, 1.82) is 0 Å². The number of nitro benzene ring substituents is 1. The van der Waals surface area contributed by atoms with Gasteiger partial charge < -0.3 is 9.84 Å². The summed E-state index contributed by atoms with van der Waals surface area (Å²) >= 11 is 3.13. The van der Waals surface area contributed by atoms with E-state index in [9.17, 15) is 14.9 Å². The molecule has 0 fully saturated rings. The van der Waals surface area contributed by atoms with Crippen LogP contribution in [0.5, 0.6) is 11.6 Å². The summed E-state index contributed by atoms with van der Waals surface area (Å²) in [5, 5.41) is 20.0. The summed E-state index contributed by atoms with van der Waals surface area (Å²) < 4.78 is 5.70. The number of hydrogen-bond donors (Lipinski definition) is 1. The van der Waals surface area contributed by atoms with Crippen molar-refractivity contribution in [2.24, 2.45) is 0 Å². The third kappa shape index (κ3) is 2.72. The molecule has 0 bridgehead atoms. The Morgan fingerprint density at radius 3 is 2.80 bits per heavy atom. The van der Waals surface area contributed by atoms with Crippen molar-refractivity contribution in [3.8, 4) is 11.6 Å². The molecule has 102 valence electrons. The van der Waals surface area contributed by atoms with Gasteiger partial charge in [0.1, 0.15) is 6.33 Å². The minimum Gasteiger partial charge on any atom is -0.477 e. The predicted octanol–water partition coefficient (Wildman–Crippen LogP) is 2.64. The minimum absolute atomic E-state index is 0.0583. The quantitative estimate of drug-likeness (QED) is 0.672. The fraction of sp³-hybridized carbons (Fsp3) is 0. The molecule has 2 rings (SSSR count). The van der Waals surface area contributed by atoms with E-state index in [2.05, 4.69) is 25.9 Å². The van der Waals surface area contributed by atoms with Crippen LogP contribution < -0.4 is 4.74 Å². The van der Waals surface area contributed by atoms with Crippen LogP contribution in [0.2, 0.25) is 0 Å². The molecule has 0 aliphatic heterocycles. The third-order valence-corrected chi connectivity index (χ3v) is 2.80. The van der Waals surface area contributed by atoms with Crippen LogP contribution in [0.1, 0.15) is 10.4 Å². The van der Waals surface area contributed by atoms with Gasteiger partial charge in [-0.1, -0.05) is 6.07 Å². The Labute approximate surface area is 120 Å². The standard InChI is InChI=1S/C11H6BrN3O5/c12-6-4-13-5-14-10(6)20-8-3-1-2-7(15(18)19)9(8)11(16)17/h1-5H,(H,16,17). The molecule has 0 radical (unpaired) electrons. The van der Waals surface area contributed by atoms with E-state index in [0.29, 0.717) is 4.47 Å². The van der Waals surface area contributed by atoms with Gasteiger partial charge in [-0.25, -0.2) is 14.8 Å². The second kappa shape index (κ2) is 5.61. The van der Waals surface area contributed by atoms with Gasteiger partial charge >= 0.3 is 5.97 Å². The fourth-order valence-electron chi connectivity index (χ4n) is 1.45. The van der Waals surface area contributed by atoms with Crippen LogP contribution in [0.15, 0.2) is 35.2 Å². The van der Waals surface area contributed by atoms with E-state index in [-0.39, 0.29) is 11.6 Å². The van der Waals surface area contributed by atoms with E-state index >= 15 is 0 Å². The lowest BCUT2D eigenvalue weighted by Gasteiger charge is -2.08. The molecule has 0 amide bonds. The average Bonchev–Trinajstić information content (AvgIpc) is 2.40. The first-order valence-corrected chi connectivity index (χ1v) is 5.94. The van der Waals surface area contributed by atoms with Gasteiger partial charge in [0.05, 0.1) is 9.40 Å². The summed E-state index contributed by atoms with van der Waals surface area (Å²) in [5.41, 5.74) is -1.09. The SMILES string of the molecule is O=C(O)c1c(Oc2ncncc2Br)cccc1[N+](=O)[O-]. The number of carboxylic acids is 1. The highest BCUT2D eigenvalue weighted by Gasteiger charge is 2.25. The number of carbonyl (C=O) groups is 1. The smallest absolute Gasteiger partial charge is 0.346 e. The number of hydrogen-bond acceptors (Lipinski definition) is 6. The first-order valence-electron chi connectivity index (χ1n) is 5.14. The normalized spacial score (nSPS) is 10.1. The van der Waals surface area contributed by atoms with Gasteiger partial charge in [0, 0.05) is 12.3 Å². The van der Waals surface area contributed by atoms with Gasteiger partial charge in [-0.2, -0.15) is 0 Å². The molecular weight excluding hydrogens is 334 g/mol. The number of rotatable bonds is 4. The second-order valence-electron chi connectivity index (χ2n) is 3.49. The minimum atomic E-state index is -1.46. The number of carboxylic acid groups (broad SMARTS) is 1. The van der Waals surface area contributed by atoms with Crippen LogP contribution in [-0.4, -0.2) is 26.0 Å². The van der Waals surface area contributed by atoms with Crippen LogP contribution >= 0.6 is 15.9 Å². The number of benzene rings is 1. The molecule has 0 saturated heterocycles. The molecular formula is C11H6BrN3O5. The summed E-state index contributed by atoms with van der Waals surface area (Å²) in [6, 6.07) is 3.73. The number of ether oxygens (including phenoxy) is 1. The Morgan fingerprint density at radius 1 is 1.45 bits per heavy atom. The van der Waals surface area contributed by atoms with Gasteiger partial charge in [0.2, 0.25) is 5.88 Å². The molecule has 1 N–H and O–H groups in total. The Balaban J connectivity index is 2.52. The molecule has 0 atom stereocenters. The molecule has 20 heavy (non-hydrogen) atoms. The van der Waals surface area contributed by atoms with Crippen LogP contribution in [0, 0.1) is 10.1 Å². The maximum atomic E-state index is 11.2. The van der Waals surface area contributed by atoms with Crippen molar-refractivity contribution >= 4 is 27.6 Å². The van der Waals surface area contributed by atoms with Crippen LogP contribution in [0.25, 0.3) is 0 Å². The van der Waals surface area contributed by atoms with E-state index in [0.717, 1.165) is 6.07 Å². The highest BCUT2D eigenvalue weighted by atomic mass is 79.9. The molecule has 8 nitrogen and oxygen atoms in total. The molecule has 0 unspecified atom stereocenters. The van der Waals surface area contributed by atoms with Crippen molar-refractivity contribution < 1.29 is 19.6 Å². The third-order valence-electron chi connectivity index (χ3n) is 2.26. The predicted molar refractivity (Wildman–Crippen MR) is 69.9 cm³/mol. The van der Waals surface area contributed by atoms with E-state index in [4.69, 9.17) is 9.84 Å². The zero-order valence-corrected chi connectivity index (χ0v) is 11.3. The molecule has 0 aliphatic carbocycles. The Morgan fingerprint density at radius 2 is 2.20 bits per heavy atom. The zero-order chi connectivity index (χ0) is 14.7. The number of aromatic carboxylic acids is 1. The van der Waals surface area contributed by atoms with Gasteiger partial charge in [-0.3, -0.25) is 10.1 Å². The topological polar surface area (TPSA) is 115 Å². The first kappa shape index (κ1) is 13.9. The highest BCUT2D eigenvalue weighted by Crippen LogP contribution is 2.33. The molecule has 0 saturated carbocycles. The maximum Gasteiger partial charge on any atom is 0.346 e. The average molecular weight is 340 g/mol. The molecule has 2 aromatic rings. The second-order valence-corrected chi connectivity index (χ2v) is 4.34. The van der Waals surface area contributed by atoms with Crippen LogP contribution in [0.3, 0.4) is 0 Å². The maximum absolute atomic E-state index is 11.2. The van der Waals surface area contributed by atoms with E-state index in [1.54, 1.807) is 0 Å². The molecule has 0 spiro atoms. The van der Waals surface area contributed by atoms with Crippen molar-refractivity contribution in [1.82, 2.24) is 9.97 Å². The summed E-state index contributed by atoms with van der Waals surface area (Å²) in [5.74, 6) is -1.58. The van der Waals surface area contributed by atoms with Crippen molar-refractivity contribution in [3.05, 3.63) is 50.9 Å². The summed E-state index contributed by atoms with van der Waals surface area (Å²) in [4.78, 5) is 28.8. The van der Waals surface area contributed by atoms with Crippen molar-refractivity contribution in [2.45, 2.75) is 0 Å². The van der Waals surface area contributed by atoms with Crippen LogP contribution in [0.4, 0.5) is 5.69 Å². The van der Waals surface area contributed by atoms with Gasteiger partial charge in [0.25, 0.3) is 5.69 Å². The lowest BCUT2D eigenvalue weighted by molar-refractivity contribution is -0.385. The monoisotopic (exact) mass is 339 g/mol. The van der Waals surface area contributed by atoms with Crippen molar-refractivity contribution in [3.63, 3.8) is 0 Å². The molecule has 1 aromatic carbocycles. The lowest BCUT2D eigenvalue weighted by Crippen LogP contribution is -2.05. The summed E-state index contributed by atoms with van der Waals surface area (Å²) in [7, 11) is 0.